The number of nitrogens with zero attached hydrogens (tertiary/aromatic N) is 4. The minimum atomic E-state index is -0.380. The maximum Gasteiger partial charge on any atom is 0.291 e. The molecule has 1 aliphatic rings. The van der Waals surface area contributed by atoms with Gasteiger partial charge in [-0.15, -0.1) is 16.4 Å². The van der Waals surface area contributed by atoms with Gasteiger partial charge in [0.25, 0.3) is 5.91 Å². The summed E-state index contributed by atoms with van der Waals surface area (Å²) in [5, 5.41) is 16.6. The fourth-order valence-electron chi connectivity index (χ4n) is 2.90. The highest BCUT2D eigenvalue weighted by atomic mass is 32.1. The number of amides is 1. The predicted molar refractivity (Wildman–Crippen MR) is 82.2 cm³/mol. The maximum atomic E-state index is 12.0. The SMILES string of the molecule is O=C(NCCO)c1nc2c3c4c(sc3ncn2n1)CCCC4. The van der Waals surface area contributed by atoms with Crippen LogP contribution in [0.25, 0.3) is 15.9 Å². The van der Waals surface area contributed by atoms with Gasteiger partial charge >= 0.3 is 0 Å². The number of aryl methyl sites for hydroxylation is 2. The molecule has 2 N–H and O–H groups in total. The molecular formula is C14H15N5O2S. The summed E-state index contributed by atoms with van der Waals surface area (Å²) in [5.74, 6) is -0.270. The molecule has 3 aromatic rings. The molecule has 4 rings (SSSR count). The van der Waals surface area contributed by atoms with Crippen LogP contribution in [-0.4, -0.2) is 43.7 Å². The molecule has 0 bridgehead atoms. The Bertz CT molecular complexity index is 869. The van der Waals surface area contributed by atoms with E-state index in [1.54, 1.807) is 22.2 Å². The lowest BCUT2D eigenvalue weighted by molar-refractivity contribution is 0.0934. The smallest absolute Gasteiger partial charge is 0.291 e. The predicted octanol–water partition coefficient (Wildman–Crippen LogP) is 0.940. The lowest BCUT2D eigenvalue weighted by Crippen LogP contribution is -2.27. The monoisotopic (exact) mass is 317 g/mol. The molecule has 114 valence electrons. The number of rotatable bonds is 3. The van der Waals surface area contributed by atoms with Crippen LogP contribution in [0, 0.1) is 0 Å². The van der Waals surface area contributed by atoms with Gasteiger partial charge in [0.1, 0.15) is 11.2 Å². The summed E-state index contributed by atoms with van der Waals surface area (Å²) < 4.78 is 1.57. The molecule has 0 unspecified atom stereocenters. The van der Waals surface area contributed by atoms with Gasteiger partial charge in [-0.05, 0) is 31.2 Å². The number of thiophene rings is 1. The van der Waals surface area contributed by atoms with Crippen LogP contribution in [0.15, 0.2) is 6.33 Å². The zero-order valence-electron chi connectivity index (χ0n) is 11.9. The number of nitrogens with one attached hydrogen (secondary N) is 1. The molecule has 0 spiro atoms. The molecule has 1 aliphatic carbocycles. The van der Waals surface area contributed by atoms with Gasteiger partial charge in [0.2, 0.25) is 5.82 Å². The highest BCUT2D eigenvalue weighted by molar-refractivity contribution is 7.19. The lowest BCUT2D eigenvalue weighted by atomic mass is 9.97. The minimum Gasteiger partial charge on any atom is -0.395 e. The van der Waals surface area contributed by atoms with Crippen LogP contribution in [0.4, 0.5) is 0 Å². The molecular weight excluding hydrogens is 302 g/mol. The van der Waals surface area contributed by atoms with Crippen molar-refractivity contribution in [2.75, 3.05) is 13.2 Å². The topological polar surface area (TPSA) is 92.4 Å². The molecule has 0 saturated heterocycles. The van der Waals surface area contributed by atoms with Crippen LogP contribution < -0.4 is 5.32 Å². The van der Waals surface area contributed by atoms with E-state index in [9.17, 15) is 4.79 Å². The van der Waals surface area contributed by atoms with Gasteiger partial charge in [-0.3, -0.25) is 4.79 Å². The van der Waals surface area contributed by atoms with Crippen LogP contribution in [0.2, 0.25) is 0 Å². The fraction of sp³-hybridized carbons (Fsp3) is 0.429. The number of aliphatic hydroxyl groups is 1. The van der Waals surface area contributed by atoms with E-state index in [0.717, 1.165) is 23.1 Å². The summed E-state index contributed by atoms with van der Waals surface area (Å²) in [6, 6.07) is 0. The van der Waals surface area contributed by atoms with Crippen molar-refractivity contribution in [2.45, 2.75) is 25.7 Å². The Morgan fingerprint density at radius 3 is 3.14 bits per heavy atom. The van der Waals surface area contributed by atoms with E-state index in [1.165, 1.54) is 23.3 Å². The van der Waals surface area contributed by atoms with E-state index in [2.05, 4.69) is 20.4 Å². The van der Waals surface area contributed by atoms with Gasteiger partial charge in [0, 0.05) is 11.4 Å². The van der Waals surface area contributed by atoms with E-state index >= 15 is 0 Å². The first-order valence-electron chi connectivity index (χ1n) is 7.32. The molecule has 0 aliphatic heterocycles. The van der Waals surface area contributed by atoms with Crippen molar-refractivity contribution in [1.29, 1.82) is 0 Å². The van der Waals surface area contributed by atoms with Crippen molar-refractivity contribution in [3.63, 3.8) is 0 Å². The molecule has 3 heterocycles. The third-order valence-corrected chi connectivity index (χ3v) is 5.09. The first kappa shape index (κ1) is 13.6. The lowest BCUT2D eigenvalue weighted by Gasteiger charge is -2.09. The Morgan fingerprint density at radius 2 is 2.27 bits per heavy atom. The first-order chi connectivity index (χ1) is 10.8. The highest BCUT2D eigenvalue weighted by Gasteiger charge is 2.21. The second-order valence-electron chi connectivity index (χ2n) is 5.32. The molecule has 3 aromatic heterocycles. The van der Waals surface area contributed by atoms with Crippen LogP contribution in [0.1, 0.15) is 33.9 Å². The molecule has 0 saturated carbocycles. The van der Waals surface area contributed by atoms with Crippen molar-refractivity contribution < 1.29 is 9.90 Å². The van der Waals surface area contributed by atoms with E-state index in [1.807, 2.05) is 0 Å². The van der Waals surface area contributed by atoms with Crippen molar-refractivity contribution >= 4 is 33.1 Å². The number of aromatic nitrogens is 4. The van der Waals surface area contributed by atoms with Crippen molar-refractivity contribution in [3.8, 4) is 0 Å². The number of carbonyl (C=O) groups is 1. The molecule has 22 heavy (non-hydrogen) atoms. The standard InChI is InChI=1S/C14H15N5O2S/c20-6-5-15-13(21)11-17-12-10-8-3-1-2-4-9(8)22-14(10)16-7-19(12)18-11/h7,20H,1-6H2,(H,15,21). The Labute approximate surface area is 130 Å². The van der Waals surface area contributed by atoms with Gasteiger partial charge in [-0.25, -0.2) is 14.5 Å². The molecule has 7 nitrogen and oxygen atoms in total. The molecule has 0 fully saturated rings. The number of fused-ring (bicyclic) bond motifs is 5. The normalized spacial score (nSPS) is 14.4. The van der Waals surface area contributed by atoms with Crippen molar-refractivity contribution in [3.05, 3.63) is 22.6 Å². The molecule has 0 radical (unpaired) electrons. The van der Waals surface area contributed by atoms with Crippen molar-refractivity contribution in [1.82, 2.24) is 24.9 Å². The van der Waals surface area contributed by atoms with Crippen LogP contribution >= 0.6 is 11.3 Å². The van der Waals surface area contributed by atoms with Gasteiger partial charge in [-0.1, -0.05) is 0 Å². The van der Waals surface area contributed by atoms with Crippen LogP contribution in [-0.2, 0) is 12.8 Å². The van der Waals surface area contributed by atoms with Gasteiger partial charge < -0.3 is 10.4 Å². The second kappa shape index (κ2) is 5.29. The Balaban J connectivity index is 1.86. The summed E-state index contributed by atoms with van der Waals surface area (Å²) in [6.07, 6.45) is 6.14. The average molecular weight is 317 g/mol. The largest absolute Gasteiger partial charge is 0.395 e. The zero-order chi connectivity index (χ0) is 15.1. The quantitative estimate of drug-likeness (QED) is 0.750. The van der Waals surface area contributed by atoms with Gasteiger partial charge in [0.15, 0.2) is 5.65 Å². The number of carbonyl (C=O) groups excluding carboxylic acids is 1. The maximum absolute atomic E-state index is 12.0. The summed E-state index contributed by atoms with van der Waals surface area (Å²) in [6.45, 7) is 0.0822. The van der Waals surface area contributed by atoms with E-state index in [0.29, 0.717) is 5.65 Å². The summed E-state index contributed by atoms with van der Waals surface area (Å²) in [7, 11) is 0. The third kappa shape index (κ3) is 2.06. The Morgan fingerprint density at radius 1 is 1.41 bits per heavy atom. The zero-order valence-corrected chi connectivity index (χ0v) is 12.7. The second-order valence-corrected chi connectivity index (χ2v) is 6.40. The van der Waals surface area contributed by atoms with Crippen LogP contribution in [0.5, 0.6) is 0 Å². The number of aliphatic hydroxyl groups excluding tert-OH is 1. The summed E-state index contributed by atoms with van der Waals surface area (Å²) in [5.41, 5.74) is 2.01. The van der Waals surface area contributed by atoms with Crippen LogP contribution in [0.3, 0.4) is 0 Å². The summed E-state index contributed by atoms with van der Waals surface area (Å²) >= 11 is 1.72. The van der Waals surface area contributed by atoms with E-state index in [4.69, 9.17) is 5.11 Å². The minimum absolute atomic E-state index is 0.108. The highest BCUT2D eigenvalue weighted by Crippen LogP contribution is 2.36. The Kier molecular flexibility index (Phi) is 3.27. The number of hydrogen-bond donors (Lipinski definition) is 2. The molecule has 8 heteroatoms. The first-order valence-corrected chi connectivity index (χ1v) is 8.14. The number of hydrogen-bond acceptors (Lipinski definition) is 6. The van der Waals surface area contributed by atoms with E-state index < -0.39 is 0 Å². The molecule has 0 atom stereocenters. The fourth-order valence-corrected chi connectivity index (χ4v) is 4.12. The summed E-state index contributed by atoms with van der Waals surface area (Å²) in [4.78, 5) is 23.2. The van der Waals surface area contributed by atoms with Gasteiger partial charge in [0.05, 0.1) is 12.0 Å². The van der Waals surface area contributed by atoms with Gasteiger partial charge in [-0.2, -0.15) is 0 Å². The average Bonchev–Trinajstić information content (AvgIpc) is 3.12. The molecule has 0 aromatic carbocycles. The van der Waals surface area contributed by atoms with E-state index in [-0.39, 0.29) is 24.9 Å². The Hall–Kier alpha value is -2.06. The van der Waals surface area contributed by atoms with Crippen molar-refractivity contribution in [2.24, 2.45) is 0 Å². The molecule has 1 amide bonds. The third-order valence-electron chi connectivity index (χ3n) is 3.89.